The highest BCUT2D eigenvalue weighted by Crippen LogP contribution is 2.32. The molecule has 0 radical (unpaired) electrons. The standard InChI is InChI=1S/C14H15N3O3S/c1-9-13(10-4-3-7-15-8-10)21-14(16-9)17-11(18)5-6-12(19)20-2/h3-4,7-8H,5-6H2,1-2H3,(H,16,17,18). The van der Waals surface area contributed by atoms with Crippen LogP contribution in [-0.2, 0) is 14.3 Å². The second-order valence-electron chi connectivity index (χ2n) is 4.30. The number of nitrogens with zero attached hydrogens (tertiary/aromatic N) is 2. The molecule has 0 saturated heterocycles. The van der Waals surface area contributed by atoms with Crippen molar-refractivity contribution in [1.82, 2.24) is 9.97 Å². The van der Waals surface area contributed by atoms with Crippen LogP contribution in [0.3, 0.4) is 0 Å². The van der Waals surface area contributed by atoms with Crippen LogP contribution in [0.5, 0.6) is 0 Å². The topological polar surface area (TPSA) is 81.2 Å². The highest BCUT2D eigenvalue weighted by molar-refractivity contribution is 7.19. The summed E-state index contributed by atoms with van der Waals surface area (Å²) in [5.41, 5.74) is 1.79. The minimum absolute atomic E-state index is 0.0577. The van der Waals surface area contributed by atoms with Crippen LogP contribution in [-0.4, -0.2) is 29.0 Å². The predicted octanol–water partition coefficient (Wildman–Crippen LogP) is 2.41. The van der Waals surface area contributed by atoms with Crippen molar-refractivity contribution in [3.63, 3.8) is 0 Å². The first-order valence-electron chi connectivity index (χ1n) is 6.34. The molecule has 0 atom stereocenters. The van der Waals surface area contributed by atoms with Gasteiger partial charge in [-0.2, -0.15) is 0 Å². The van der Waals surface area contributed by atoms with Crippen molar-refractivity contribution >= 4 is 28.3 Å². The molecule has 1 amide bonds. The third kappa shape index (κ3) is 4.09. The molecular weight excluding hydrogens is 290 g/mol. The number of carbonyl (C=O) groups excluding carboxylic acids is 2. The maximum Gasteiger partial charge on any atom is 0.306 e. The number of aromatic nitrogens is 2. The third-order valence-corrected chi connectivity index (χ3v) is 3.87. The fraction of sp³-hybridized carbons (Fsp3) is 0.286. The van der Waals surface area contributed by atoms with Crippen LogP contribution < -0.4 is 5.32 Å². The lowest BCUT2D eigenvalue weighted by atomic mass is 10.2. The summed E-state index contributed by atoms with van der Waals surface area (Å²) in [5.74, 6) is -0.664. The molecule has 2 aromatic heterocycles. The summed E-state index contributed by atoms with van der Waals surface area (Å²) in [7, 11) is 1.30. The van der Waals surface area contributed by atoms with Crippen LogP contribution in [0.2, 0.25) is 0 Å². The van der Waals surface area contributed by atoms with Gasteiger partial charge in [-0.15, -0.1) is 0 Å². The number of methoxy groups -OCH3 is 1. The van der Waals surface area contributed by atoms with Gasteiger partial charge in [0.2, 0.25) is 5.91 Å². The number of rotatable bonds is 5. The van der Waals surface area contributed by atoms with E-state index in [2.05, 4.69) is 20.0 Å². The smallest absolute Gasteiger partial charge is 0.306 e. The van der Waals surface area contributed by atoms with Gasteiger partial charge in [-0.1, -0.05) is 17.4 Å². The summed E-state index contributed by atoms with van der Waals surface area (Å²) in [6, 6.07) is 3.79. The molecular formula is C14H15N3O3S. The summed E-state index contributed by atoms with van der Waals surface area (Å²) >= 11 is 1.38. The largest absolute Gasteiger partial charge is 0.469 e. The molecule has 0 saturated carbocycles. The van der Waals surface area contributed by atoms with Crippen molar-refractivity contribution in [2.45, 2.75) is 19.8 Å². The summed E-state index contributed by atoms with van der Waals surface area (Å²) in [6.07, 6.45) is 3.59. The lowest BCUT2D eigenvalue weighted by Gasteiger charge is -2.00. The quantitative estimate of drug-likeness (QED) is 0.858. The van der Waals surface area contributed by atoms with Gasteiger partial charge in [0.15, 0.2) is 5.13 Å². The van der Waals surface area contributed by atoms with Gasteiger partial charge >= 0.3 is 5.97 Å². The van der Waals surface area contributed by atoms with Crippen LogP contribution in [0.4, 0.5) is 5.13 Å². The Labute approximate surface area is 126 Å². The van der Waals surface area contributed by atoms with E-state index in [1.807, 2.05) is 19.1 Å². The predicted molar refractivity (Wildman–Crippen MR) is 80.0 cm³/mol. The van der Waals surface area contributed by atoms with E-state index in [1.165, 1.54) is 18.4 Å². The number of hydrogen-bond donors (Lipinski definition) is 1. The Morgan fingerprint density at radius 2 is 2.19 bits per heavy atom. The maximum atomic E-state index is 11.7. The molecule has 0 unspecified atom stereocenters. The average Bonchev–Trinajstić information content (AvgIpc) is 2.86. The lowest BCUT2D eigenvalue weighted by Crippen LogP contribution is -2.13. The highest BCUT2D eigenvalue weighted by atomic mass is 32.1. The Balaban J connectivity index is 2.02. The Morgan fingerprint density at radius 3 is 2.86 bits per heavy atom. The maximum absolute atomic E-state index is 11.7. The molecule has 110 valence electrons. The molecule has 0 bridgehead atoms. The molecule has 0 aliphatic rings. The minimum atomic E-state index is -0.406. The summed E-state index contributed by atoms with van der Waals surface area (Å²) in [5, 5.41) is 3.21. The van der Waals surface area contributed by atoms with Gasteiger partial charge in [0.25, 0.3) is 0 Å². The molecule has 6 nitrogen and oxygen atoms in total. The molecule has 0 aromatic carbocycles. The molecule has 0 aliphatic carbocycles. The van der Waals surface area contributed by atoms with Crippen LogP contribution in [0, 0.1) is 6.92 Å². The Morgan fingerprint density at radius 1 is 1.38 bits per heavy atom. The van der Waals surface area contributed by atoms with E-state index in [0.29, 0.717) is 5.13 Å². The van der Waals surface area contributed by atoms with Gasteiger partial charge < -0.3 is 10.1 Å². The highest BCUT2D eigenvalue weighted by Gasteiger charge is 2.13. The summed E-state index contributed by atoms with van der Waals surface area (Å²) in [6.45, 7) is 1.88. The zero-order chi connectivity index (χ0) is 15.2. The van der Waals surface area contributed by atoms with E-state index in [0.717, 1.165) is 16.1 Å². The lowest BCUT2D eigenvalue weighted by molar-refractivity contribution is -0.141. The van der Waals surface area contributed by atoms with E-state index in [9.17, 15) is 9.59 Å². The van der Waals surface area contributed by atoms with E-state index in [1.54, 1.807) is 12.4 Å². The number of amides is 1. The van der Waals surface area contributed by atoms with Gasteiger partial charge in [-0.05, 0) is 13.0 Å². The normalized spacial score (nSPS) is 10.2. The van der Waals surface area contributed by atoms with Crippen molar-refractivity contribution < 1.29 is 14.3 Å². The molecule has 0 aliphatic heterocycles. The number of ether oxygens (including phenoxy) is 1. The van der Waals surface area contributed by atoms with Crippen molar-refractivity contribution in [2.24, 2.45) is 0 Å². The van der Waals surface area contributed by atoms with E-state index < -0.39 is 5.97 Å². The Bertz CT molecular complexity index is 640. The van der Waals surface area contributed by atoms with E-state index >= 15 is 0 Å². The molecule has 2 heterocycles. The van der Waals surface area contributed by atoms with E-state index in [4.69, 9.17) is 0 Å². The molecule has 7 heteroatoms. The molecule has 21 heavy (non-hydrogen) atoms. The van der Waals surface area contributed by atoms with Gasteiger partial charge in [0.05, 0.1) is 24.1 Å². The van der Waals surface area contributed by atoms with Crippen LogP contribution in [0.15, 0.2) is 24.5 Å². The zero-order valence-corrected chi connectivity index (χ0v) is 12.6. The fourth-order valence-electron chi connectivity index (χ4n) is 1.71. The van der Waals surface area contributed by atoms with Crippen LogP contribution in [0.25, 0.3) is 10.4 Å². The number of hydrogen-bond acceptors (Lipinski definition) is 6. The third-order valence-electron chi connectivity index (χ3n) is 2.75. The first-order valence-corrected chi connectivity index (χ1v) is 7.16. The van der Waals surface area contributed by atoms with Crippen molar-refractivity contribution in [2.75, 3.05) is 12.4 Å². The first kappa shape index (κ1) is 15.1. The molecule has 2 aromatic rings. The average molecular weight is 305 g/mol. The van der Waals surface area contributed by atoms with E-state index in [-0.39, 0.29) is 18.7 Å². The van der Waals surface area contributed by atoms with Crippen molar-refractivity contribution in [1.29, 1.82) is 0 Å². The van der Waals surface area contributed by atoms with Gasteiger partial charge in [-0.25, -0.2) is 4.98 Å². The number of pyridine rings is 1. The van der Waals surface area contributed by atoms with Crippen LogP contribution >= 0.6 is 11.3 Å². The monoisotopic (exact) mass is 305 g/mol. The SMILES string of the molecule is COC(=O)CCC(=O)Nc1nc(C)c(-c2cccnc2)s1. The molecule has 2 rings (SSSR count). The molecule has 0 spiro atoms. The first-order chi connectivity index (χ1) is 10.1. The minimum Gasteiger partial charge on any atom is -0.469 e. The number of thiazole rings is 1. The Kier molecular flexibility index (Phi) is 4.99. The van der Waals surface area contributed by atoms with Gasteiger partial charge in [0.1, 0.15) is 0 Å². The summed E-state index contributed by atoms with van der Waals surface area (Å²) < 4.78 is 4.49. The van der Waals surface area contributed by atoms with Gasteiger partial charge in [0, 0.05) is 24.4 Å². The van der Waals surface area contributed by atoms with Gasteiger partial charge in [-0.3, -0.25) is 14.6 Å². The second kappa shape index (κ2) is 6.94. The Hall–Kier alpha value is -2.28. The number of esters is 1. The second-order valence-corrected chi connectivity index (χ2v) is 5.30. The number of aryl methyl sites for hydroxylation is 1. The van der Waals surface area contributed by atoms with Crippen molar-refractivity contribution in [3.05, 3.63) is 30.2 Å². The number of nitrogens with one attached hydrogen (secondary N) is 1. The molecule has 1 N–H and O–H groups in total. The summed E-state index contributed by atoms with van der Waals surface area (Å²) in [4.78, 5) is 32.1. The fourth-order valence-corrected chi connectivity index (χ4v) is 2.69. The number of anilines is 1. The van der Waals surface area contributed by atoms with Crippen LogP contribution in [0.1, 0.15) is 18.5 Å². The molecule has 0 fully saturated rings. The zero-order valence-electron chi connectivity index (χ0n) is 11.8. The number of carbonyl (C=O) groups is 2. The van der Waals surface area contributed by atoms with Crippen molar-refractivity contribution in [3.8, 4) is 10.4 Å².